The van der Waals surface area contributed by atoms with Crippen LogP contribution in [0.3, 0.4) is 0 Å². The van der Waals surface area contributed by atoms with E-state index in [1.165, 1.54) is 24.3 Å². The minimum Gasteiger partial charge on any atom is -0.491 e. The first kappa shape index (κ1) is 17.7. The van der Waals surface area contributed by atoms with Crippen LogP contribution in [0.1, 0.15) is 5.56 Å². The number of hydrogen-bond acceptors (Lipinski definition) is 4. The molecule has 0 bridgehead atoms. The molecule has 6 nitrogen and oxygen atoms in total. The van der Waals surface area contributed by atoms with Gasteiger partial charge in [-0.3, -0.25) is 4.79 Å². The lowest BCUT2D eigenvalue weighted by Crippen LogP contribution is -2.28. The molecular formula is C16H14ClFN2O4S. The molecule has 1 heterocycles. The number of amides is 1. The molecule has 0 aliphatic carbocycles. The monoisotopic (exact) mass is 384 g/mol. The molecule has 0 atom stereocenters. The van der Waals surface area contributed by atoms with Crippen molar-refractivity contribution in [2.24, 2.45) is 0 Å². The first-order chi connectivity index (χ1) is 11.8. The van der Waals surface area contributed by atoms with Crippen molar-refractivity contribution < 1.29 is 22.3 Å². The van der Waals surface area contributed by atoms with Gasteiger partial charge in [-0.25, -0.2) is 17.5 Å². The van der Waals surface area contributed by atoms with Gasteiger partial charge in [0.15, 0.2) is 0 Å². The largest absolute Gasteiger partial charge is 0.491 e. The highest BCUT2D eigenvalue weighted by molar-refractivity contribution is 7.89. The molecular weight excluding hydrogens is 371 g/mol. The van der Waals surface area contributed by atoms with Crippen molar-refractivity contribution in [3.8, 4) is 5.75 Å². The molecule has 25 heavy (non-hydrogen) atoms. The number of hydrogen-bond donors (Lipinski definition) is 2. The number of carbonyl (C=O) groups is 1. The van der Waals surface area contributed by atoms with E-state index in [0.29, 0.717) is 11.3 Å². The summed E-state index contributed by atoms with van der Waals surface area (Å²) in [5.41, 5.74) is 1.26. The molecule has 3 rings (SSSR count). The summed E-state index contributed by atoms with van der Waals surface area (Å²) >= 11 is 5.82. The Morgan fingerprint density at radius 2 is 2.04 bits per heavy atom. The molecule has 0 unspecified atom stereocenters. The van der Waals surface area contributed by atoms with Crippen molar-refractivity contribution in [3.63, 3.8) is 0 Å². The first-order valence-electron chi connectivity index (χ1n) is 7.35. The molecule has 0 spiro atoms. The second-order valence-corrected chi connectivity index (χ2v) is 7.54. The molecule has 0 saturated heterocycles. The molecule has 2 aromatic carbocycles. The second kappa shape index (κ2) is 6.99. The fourth-order valence-electron chi connectivity index (χ4n) is 2.39. The highest BCUT2D eigenvalue weighted by atomic mass is 35.5. The van der Waals surface area contributed by atoms with Crippen LogP contribution in [-0.2, 0) is 21.2 Å². The lowest BCUT2D eigenvalue weighted by molar-refractivity contribution is -0.115. The third-order valence-electron chi connectivity index (χ3n) is 3.56. The Morgan fingerprint density at radius 3 is 2.80 bits per heavy atom. The molecule has 9 heteroatoms. The SMILES string of the molecule is O=C1Cc2cc(S(=O)(=O)NCCOc3ccc(F)cc3Cl)ccc2N1. The molecule has 0 aromatic heterocycles. The lowest BCUT2D eigenvalue weighted by Gasteiger charge is -2.10. The third-order valence-corrected chi connectivity index (χ3v) is 5.31. The summed E-state index contributed by atoms with van der Waals surface area (Å²) in [5, 5.41) is 2.75. The number of anilines is 1. The highest BCUT2D eigenvalue weighted by Crippen LogP contribution is 2.26. The fraction of sp³-hybridized carbons (Fsp3) is 0.188. The van der Waals surface area contributed by atoms with E-state index in [-0.39, 0.29) is 41.1 Å². The van der Waals surface area contributed by atoms with E-state index in [0.717, 1.165) is 6.07 Å². The van der Waals surface area contributed by atoms with Gasteiger partial charge in [-0.1, -0.05) is 11.6 Å². The van der Waals surface area contributed by atoms with Gasteiger partial charge in [-0.15, -0.1) is 0 Å². The van der Waals surface area contributed by atoms with E-state index in [9.17, 15) is 17.6 Å². The minimum atomic E-state index is -3.73. The number of ether oxygens (including phenoxy) is 1. The van der Waals surface area contributed by atoms with Crippen LogP contribution in [0.15, 0.2) is 41.3 Å². The van der Waals surface area contributed by atoms with E-state index >= 15 is 0 Å². The number of nitrogens with one attached hydrogen (secondary N) is 2. The Labute approximate surface area is 149 Å². The average molecular weight is 385 g/mol. The quantitative estimate of drug-likeness (QED) is 0.749. The topological polar surface area (TPSA) is 84.5 Å². The van der Waals surface area contributed by atoms with Gasteiger partial charge < -0.3 is 10.1 Å². The number of sulfonamides is 1. The van der Waals surface area contributed by atoms with Crippen molar-refractivity contribution in [1.82, 2.24) is 4.72 Å². The first-order valence-corrected chi connectivity index (χ1v) is 9.21. The van der Waals surface area contributed by atoms with Crippen molar-refractivity contribution in [2.75, 3.05) is 18.5 Å². The van der Waals surface area contributed by atoms with Crippen LogP contribution < -0.4 is 14.8 Å². The van der Waals surface area contributed by atoms with E-state index in [1.54, 1.807) is 6.07 Å². The van der Waals surface area contributed by atoms with Crippen LogP contribution in [0, 0.1) is 5.82 Å². The number of benzene rings is 2. The molecule has 0 fully saturated rings. The van der Waals surface area contributed by atoms with Crippen LogP contribution >= 0.6 is 11.6 Å². The van der Waals surface area contributed by atoms with Crippen molar-refractivity contribution in [2.45, 2.75) is 11.3 Å². The maximum atomic E-state index is 12.9. The smallest absolute Gasteiger partial charge is 0.240 e. The summed E-state index contributed by atoms with van der Waals surface area (Å²) in [6.45, 7) is 0.0276. The third kappa shape index (κ3) is 4.09. The molecule has 1 aliphatic rings. The van der Waals surface area contributed by atoms with Crippen LogP contribution in [0.25, 0.3) is 0 Å². The molecule has 1 aliphatic heterocycles. The molecule has 2 N–H and O–H groups in total. The van der Waals surface area contributed by atoms with E-state index in [2.05, 4.69) is 10.0 Å². The lowest BCUT2D eigenvalue weighted by atomic mass is 10.2. The van der Waals surface area contributed by atoms with Crippen LogP contribution in [0.4, 0.5) is 10.1 Å². The van der Waals surface area contributed by atoms with Gasteiger partial charge in [-0.05, 0) is 42.0 Å². The zero-order chi connectivity index (χ0) is 18.0. The number of fused-ring (bicyclic) bond motifs is 1. The Kier molecular flexibility index (Phi) is 4.94. The molecule has 2 aromatic rings. The van der Waals surface area contributed by atoms with Gasteiger partial charge >= 0.3 is 0 Å². The summed E-state index contributed by atoms with van der Waals surface area (Å²) in [7, 11) is -3.73. The summed E-state index contributed by atoms with van der Waals surface area (Å²) in [4.78, 5) is 11.4. The van der Waals surface area contributed by atoms with Crippen molar-refractivity contribution in [3.05, 3.63) is 52.8 Å². The van der Waals surface area contributed by atoms with Gasteiger partial charge in [0.2, 0.25) is 15.9 Å². The standard InChI is InChI=1S/C16H14ClFN2O4S/c17-13-9-11(18)1-4-15(13)24-6-5-19-25(22,23)12-2-3-14-10(7-12)8-16(21)20-14/h1-4,7,9,19H,5-6,8H2,(H,20,21). The maximum Gasteiger partial charge on any atom is 0.240 e. The number of halogens is 2. The summed E-state index contributed by atoms with van der Waals surface area (Å²) < 4.78 is 45.3. The summed E-state index contributed by atoms with van der Waals surface area (Å²) in [6.07, 6.45) is 0.158. The molecule has 0 saturated carbocycles. The number of carbonyl (C=O) groups excluding carboxylic acids is 1. The Bertz CT molecular complexity index is 934. The zero-order valence-electron chi connectivity index (χ0n) is 12.9. The Balaban J connectivity index is 1.59. The van der Waals surface area contributed by atoms with Gasteiger partial charge in [0.25, 0.3) is 0 Å². The molecule has 132 valence electrons. The Hall–Kier alpha value is -2.16. The van der Waals surface area contributed by atoms with Gasteiger partial charge in [-0.2, -0.15) is 0 Å². The fourth-order valence-corrected chi connectivity index (χ4v) is 3.67. The minimum absolute atomic E-state index is 0.00427. The van der Waals surface area contributed by atoms with E-state index in [1.807, 2.05) is 0 Å². The van der Waals surface area contributed by atoms with Crippen LogP contribution in [0.5, 0.6) is 5.75 Å². The summed E-state index contributed by atoms with van der Waals surface area (Å²) in [5.74, 6) is -0.380. The average Bonchev–Trinajstić information content (AvgIpc) is 2.92. The summed E-state index contributed by atoms with van der Waals surface area (Å²) in [6, 6.07) is 8.13. The highest BCUT2D eigenvalue weighted by Gasteiger charge is 2.21. The van der Waals surface area contributed by atoms with Gasteiger partial charge in [0.05, 0.1) is 16.3 Å². The van der Waals surface area contributed by atoms with Crippen molar-refractivity contribution >= 4 is 33.2 Å². The van der Waals surface area contributed by atoms with E-state index in [4.69, 9.17) is 16.3 Å². The van der Waals surface area contributed by atoms with Gasteiger partial charge in [0, 0.05) is 12.2 Å². The molecule has 0 radical (unpaired) electrons. The Morgan fingerprint density at radius 1 is 1.24 bits per heavy atom. The van der Waals surface area contributed by atoms with Crippen LogP contribution in [0.2, 0.25) is 5.02 Å². The molecule has 1 amide bonds. The normalized spacial score (nSPS) is 13.4. The van der Waals surface area contributed by atoms with Crippen LogP contribution in [-0.4, -0.2) is 27.5 Å². The maximum absolute atomic E-state index is 12.9. The second-order valence-electron chi connectivity index (χ2n) is 5.36. The van der Waals surface area contributed by atoms with Crippen molar-refractivity contribution in [1.29, 1.82) is 0 Å². The number of rotatable bonds is 6. The predicted octanol–water partition coefficient (Wildman–Crippen LogP) is 2.33. The van der Waals surface area contributed by atoms with Gasteiger partial charge in [0.1, 0.15) is 18.2 Å². The zero-order valence-corrected chi connectivity index (χ0v) is 14.5. The predicted molar refractivity (Wildman–Crippen MR) is 90.9 cm³/mol. The van der Waals surface area contributed by atoms with E-state index < -0.39 is 15.8 Å².